The Morgan fingerprint density at radius 1 is 1.33 bits per heavy atom. The zero-order valence-electron chi connectivity index (χ0n) is 12.6. The number of nitrogens with zero attached hydrogens (tertiary/aromatic N) is 1. The first-order valence-corrected chi connectivity index (χ1v) is 7.39. The fourth-order valence-corrected chi connectivity index (χ4v) is 2.24. The molecule has 0 amide bonds. The van der Waals surface area contributed by atoms with Crippen molar-refractivity contribution in [1.82, 2.24) is 0 Å². The van der Waals surface area contributed by atoms with E-state index < -0.39 is 0 Å². The lowest BCUT2D eigenvalue weighted by Gasteiger charge is -2.06. The SMILES string of the molecule is C=CCO/N=C(\C)c1ccccc1C#CC1=CCCCC1. The van der Waals surface area contributed by atoms with Gasteiger partial charge in [0.05, 0.1) is 5.71 Å². The summed E-state index contributed by atoms with van der Waals surface area (Å²) in [6, 6.07) is 8.04. The fourth-order valence-electron chi connectivity index (χ4n) is 2.24. The van der Waals surface area contributed by atoms with Gasteiger partial charge in [0.15, 0.2) is 0 Å². The number of hydrogen-bond acceptors (Lipinski definition) is 2. The molecule has 1 aliphatic carbocycles. The van der Waals surface area contributed by atoms with Crippen LogP contribution in [-0.2, 0) is 4.84 Å². The Kier molecular flexibility index (Phi) is 5.84. The standard InChI is InChI=1S/C19H21NO/c1-3-15-21-20-16(2)19-12-8-7-11-18(19)14-13-17-9-5-4-6-10-17/h3,7-9,11-12H,1,4-6,10,15H2,2H3/b20-16+. The van der Waals surface area contributed by atoms with E-state index in [-0.39, 0.29) is 0 Å². The van der Waals surface area contributed by atoms with Crippen molar-refractivity contribution in [3.63, 3.8) is 0 Å². The van der Waals surface area contributed by atoms with Crippen LogP contribution in [0.1, 0.15) is 43.7 Å². The Labute approximate surface area is 127 Å². The van der Waals surface area contributed by atoms with Crippen LogP contribution in [-0.4, -0.2) is 12.3 Å². The number of rotatable bonds is 4. The van der Waals surface area contributed by atoms with Crippen molar-refractivity contribution < 1.29 is 4.84 Å². The summed E-state index contributed by atoms with van der Waals surface area (Å²) >= 11 is 0. The van der Waals surface area contributed by atoms with Gasteiger partial charge in [-0.1, -0.05) is 53.9 Å². The lowest BCUT2D eigenvalue weighted by Crippen LogP contribution is -2.00. The van der Waals surface area contributed by atoms with Crippen molar-refractivity contribution in [2.24, 2.45) is 5.16 Å². The van der Waals surface area contributed by atoms with E-state index >= 15 is 0 Å². The van der Waals surface area contributed by atoms with E-state index in [4.69, 9.17) is 4.84 Å². The molecule has 0 unspecified atom stereocenters. The first kappa shape index (κ1) is 15.1. The molecule has 2 nitrogen and oxygen atoms in total. The van der Waals surface area contributed by atoms with Gasteiger partial charge in [0.1, 0.15) is 6.61 Å². The van der Waals surface area contributed by atoms with Crippen molar-refractivity contribution in [3.8, 4) is 11.8 Å². The van der Waals surface area contributed by atoms with Gasteiger partial charge >= 0.3 is 0 Å². The average molecular weight is 279 g/mol. The van der Waals surface area contributed by atoms with Gasteiger partial charge in [-0.25, -0.2) is 0 Å². The smallest absolute Gasteiger partial charge is 0.135 e. The molecule has 0 spiro atoms. The molecule has 0 aliphatic heterocycles. The maximum Gasteiger partial charge on any atom is 0.135 e. The predicted octanol–water partition coefficient (Wildman–Crippen LogP) is 4.47. The third kappa shape index (κ3) is 4.65. The van der Waals surface area contributed by atoms with E-state index in [9.17, 15) is 0 Å². The predicted molar refractivity (Wildman–Crippen MR) is 88.2 cm³/mol. The van der Waals surface area contributed by atoms with Gasteiger partial charge in [-0.15, -0.1) is 0 Å². The van der Waals surface area contributed by atoms with Crippen molar-refractivity contribution in [2.75, 3.05) is 6.61 Å². The molecule has 1 aromatic rings. The van der Waals surface area contributed by atoms with Crippen LogP contribution in [0.4, 0.5) is 0 Å². The van der Waals surface area contributed by atoms with Gasteiger partial charge in [-0.05, 0) is 44.2 Å². The molecule has 0 heterocycles. The zero-order valence-corrected chi connectivity index (χ0v) is 12.6. The second-order valence-electron chi connectivity index (χ2n) is 5.03. The molecule has 108 valence electrons. The summed E-state index contributed by atoms with van der Waals surface area (Å²) in [5.41, 5.74) is 4.10. The Balaban J connectivity index is 2.20. The number of allylic oxidation sites excluding steroid dienone is 2. The van der Waals surface area contributed by atoms with Gasteiger partial charge in [0.25, 0.3) is 0 Å². The fraction of sp³-hybridized carbons (Fsp3) is 0.316. The van der Waals surface area contributed by atoms with Crippen LogP contribution >= 0.6 is 0 Å². The number of hydrogen-bond donors (Lipinski definition) is 0. The highest BCUT2D eigenvalue weighted by atomic mass is 16.6. The molecule has 0 saturated heterocycles. The molecule has 1 aromatic carbocycles. The summed E-state index contributed by atoms with van der Waals surface area (Å²) in [5, 5.41) is 4.10. The molecule has 0 fully saturated rings. The van der Waals surface area contributed by atoms with Crippen LogP contribution in [0, 0.1) is 11.8 Å². The molecular weight excluding hydrogens is 258 g/mol. The molecule has 0 N–H and O–H groups in total. The Hall–Kier alpha value is -2.27. The Morgan fingerprint density at radius 3 is 2.95 bits per heavy atom. The highest BCUT2D eigenvalue weighted by Crippen LogP contribution is 2.17. The molecule has 2 rings (SSSR count). The molecule has 2 heteroatoms. The molecular formula is C19H21NO. The molecule has 0 aromatic heterocycles. The van der Waals surface area contributed by atoms with Crippen molar-refractivity contribution in [2.45, 2.75) is 32.6 Å². The minimum atomic E-state index is 0.415. The van der Waals surface area contributed by atoms with Crippen molar-refractivity contribution in [3.05, 3.63) is 59.7 Å². The lowest BCUT2D eigenvalue weighted by atomic mass is 9.99. The van der Waals surface area contributed by atoms with E-state index in [0.717, 1.165) is 29.7 Å². The topological polar surface area (TPSA) is 21.6 Å². The van der Waals surface area contributed by atoms with E-state index in [1.165, 1.54) is 18.4 Å². The second kappa shape index (κ2) is 8.11. The molecule has 0 atom stereocenters. The van der Waals surface area contributed by atoms with Gasteiger partial charge in [0.2, 0.25) is 0 Å². The summed E-state index contributed by atoms with van der Waals surface area (Å²) in [6.07, 6.45) is 8.73. The largest absolute Gasteiger partial charge is 0.391 e. The normalized spacial score (nSPS) is 14.7. The van der Waals surface area contributed by atoms with Crippen molar-refractivity contribution in [1.29, 1.82) is 0 Å². The van der Waals surface area contributed by atoms with Crippen LogP contribution in [0.5, 0.6) is 0 Å². The summed E-state index contributed by atoms with van der Waals surface area (Å²) in [6.45, 7) is 5.95. The Morgan fingerprint density at radius 2 is 2.19 bits per heavy atom. The van der Waals surface area contributed by atoms with Gasteiger partial charge < -0.3 is 4.84 Å². The molecule has 21 heavy (non-hydrogen) atoms. The van der Waals surface area contributed by atoms with Gasteiger partial charge in [-0.2, -0.15) is 0 Å². The van der Waals surface area contributed by atoms with E-state index in [1.807, 2.05) is 31.2 Å². The quantitative estimate of drug-likeness (QED) is 0.262. The molecule has 0 saturated carbocycles. The van der Waals surface area contributed by atoms with Gasteiger partial charge in [0, 0.05) is 11.1 Å². The molecule has 1 aliphatic rings. The van der Waals surface area contributed by atoms with E-state index in [0.29, 0.717) is 6.61 Å². The minimum Gasteiger partial charge on any atom is -0.391 e. The van der Waals surface area contributed by atoms with Crippen LogP contribution < -0.4 is 0 Å². The molecule has 0 bridgehead atoms. The summed E-state index contributed by atoms with van der Waals surface area (Å²) in [4.78, 5) is 5.16. The number of oxime groups is 1. The zero-order chi connectivity index (χ0) is 14.9. The van der Waals surface area contributed by atoms with Crippen LogP contribution in [0.15, 0.2) is 53.7 Å². The Bertz CT molecular complexity index is 614. The highest BCUT2D eigenvalue weighted by Gasteiger charge is 2.04. The lowest BCUT2D eigenvalue weighted by molar-refractivity contribution is 0.175. The van der Waals surface area contributed by atoms with E-state index in [1.54, 1.807) is 6.08 Å². The maximum atomic E-state index is 5.16. The first-order valence-electron chi connectivity index (χ1n) is 7.39. The summed E-state index contributed by atoms with van der Waals surface area (Å²) < 4.78 is 0. The summed E-state index contributed by atoms with van der Waals surface area (Å²) in [5.74, 6) is 6.58. The monoisotopic (exact) mass is 279 g/mol. The average Bonchev–Trinajstić information content (AvgIpc) is 2.54. The first-order chi connectivity index (χ1) is 10.3. The highest BCUT2D eigenvalue weighted by molar-refractivity contribution is 6.00. The van der Waals surface area contributed by atoms with E-state index in [2.05, 4.69) is 29.7 Å². The third-order valence-electron chi connectivity index (χ3n) is 3.36. The third-order valence-corrected chi connectivity index (χ3v) is 3.36. The van der Waals surface area contributed by atoms with Crippen LogP contribution in [0.2, 0.25) is 0 Å². The second-order valence-corrected chi connectivity index (χ2v) is 5.03. The number of benzene rings is 1. The van der Waals surface area contributed by atoms with Crippen molar-refractivity contribution >= 4 is 5.71 Å². The van der Waals surface area contributed by atoms with Crippen LogP contribution in [0.3, 0.4) is 0 Å². The summed E-state index contributed by atoms with van der Waals surface area (Å²) in [7, 11) is 0. The van der Waals surface area contributed by atoms with Gasteiger partial charge in [-0.3, -0.25) is 0 Å². The molecule has 0 radical (unpaired) electrons. The maximum absolute atomic E-state index is 5.16. The van der Waals surface area contributed by atoms with Crippen LogP contribution in [0.25, 0.3) is 0 Å². The minimum absolute atomic E-state index is 0.415.